The first-order chi connectivity index (χ1) is 7.88. The van der Waals surface area contributed by atoms with Gasteiger partial charge < -0.3 is 5.32 Å². The lowest BCUT2D eigenvalue weighted by molar-refractivity contribution is 0.537. The van der Waals surface area contributed by atoms with Crippen LogP contribution in [0.1, 0.15) is 60.9 Å². The van der Waals surface area contributed by atoms with Crippen molar-refractivity contribution in [3.8, 4) is 0 Å². The summed E-state index contributed by atoms with van der Waals surface area (Å²) in [6.45, 7) is 3.46. The predicted octanol–water partition coefficient (Wildman–Crippen LogP) is 3.83. The van der Waals surface area contributed by atoms with Crippen LogP contribution in [0.2, 0.25) is 0 Å². The molecule has 1 saturated carbocycles. The highest BCUT2D eigenvalue weighted by Crippen LogP contribution is 2.39. The van der Waals surface area contributed by atoms with Crippen molar-refractivity contribution in [3.63, 3.8) is 0 Å². The van der Waals surface area contributed by atoms with Crippen LogP contribution in [-0.2, 0) is 13.0 Å². The fourth-order valence-corrected chi connectivity index (χ4v) is 4.05. The van der Waals surface area contributed by atoms with Crippen molar-refractivity contribution >= 4 is 11.3 Å². The molecule has 3 rings (SSSR count). The minimum Gasteiger partial charge on any atom is -0.310 e. The monoisotopic (exact) mass is 235 g/mol. The maximum atomic E-state index is 3.66. The maximum Gasteiger partial charge on any atom is 0.0219 e. The number of nitrogens with one attached hydrogen (secondary N) is 1. The zero-order valence-corrected chi connectivity index (χ0v) is 10.9. The number of hydrogen-bond donors (Lipinski definition) is 1. The summed E-state index contributed by atoms with van der Waals surface area (Å²) in [5.41, 5.74) is 3.34. The number of rotatable bonds is 4. The first-order valence-electron chi connectivity index (χ1n) is 6.71. The van der Waals surface area contributed by atoms with Gasteiger partial charge in [-0.2, -0.15) is 0 Å². The predicted molar refractivity (Wildman–Crippen MR) is 70.2 cm³/mol. The third-order valence-corrected chi connectivity index (χ3v) is 5.12. The van der Waals surface area contributed by atoms with Gasteiger partial charge in [-0.05, 0) is 60.9 Å². The molecule has 1 nitrogen and oxygen atoms in total. The molecule has 2 aliphatic carbocycles. The van der Waals surface area contributed by atoms with E-state index in [1.165, 1.54) is 38.5 Å². The fraction of sp³-hybridized carbons (Fsp3) is 0.714. The maximum absolute atomic E-state index is 3.66. The molecule has 2 aliphatic rings. The topological polar surface area (TPSA) is 12.0 Å². The van der Waals surface area contributed by atoms with E-state index in [4.69, 9.17) is 0 Å². The van der Waals surface area contributed by atoms with Crippen LogP contribution in [0.25, 0.3) is 0 Å². The second kappa shape index (κ2) is 4.50. The zero-order valence-electron chi connectivity index (χ0n) is 10.1. The largest absolute Gasteiger partial charge is 0.310 e. The molecule has 1 fully saturated rings. The summed E-state index contributed by atoms with van der Waals surface area (Å²) in [6, 6.07) is 0.833. The first kappa shape index (κ1) is 10.8. The summed E-state index contributed by atoms with van der Waals surface area (Å²) >= 11 is 2.00. The highest BCUT2D eigenvalue weighted by atomic mass is 32.1. The number of thiophene rings is 1. The van der Waals surface area contributed by atoms with Crippen molar-refractivity contribution in [3.05, 3.63) is 21.4 Å². The Labute approximate surface area is 102 Å². The highest BCUT2D eigenvalue weighted by Gasteiger charge is 2.25. The Morgan fingerprint density at radius 2 is 2.25 bits per heavy atom. The van der Waals surface area contributed by atoms with Crippen LogP contribution < -0.4 is 5.32 Å². The van der Waals surface area contributed by atoms with E-state index in [9.17, 15) is 0 Å². The van der Waals surface area contributed by atoms with Gasteiger partial charge in [-0.15, -0.1) is 11.3 Å². The van der Waals surface area contributed by atoms with Gasteiger partial charge in [0.15, 0.2) is 0 Å². The van der Waals surface area contributed by atoms with E-state index in [0.29, 0.717) is 0 Å². The third kappa shape index (κ3) is 2.05. The Hall–Kier alpha value is -0.340. The zero-order chi connectivity index (χ0) is 11.0. The van der Waals surface area contributed by atoms with E-state index in [2.05, 4.69) is 17.6 Å². The smallest absolute Gasteiger partial charge is 0.0219 e. The Bertz CT molecular complexity index is 365. The van der Waals surface area contributed by atoms with Crippen LogP contribution in [0, 0.1) is 0 Å². The van der Waals surface area contributed by atoms with Gasteiger partial charge in [0.25, 0.3) is 0 Å². The van der Waals surface area contributed by atoms with Crippen molar-refractivity contribution in [2.45, 2.75) is 64.0 Å². The summed E-state index contributed by atoms with van der Waals surface area (Å²) < 4.78 is 0. The number of fused-ring (bicyclic) bond motifs is 1. The second-order valence-corrected chi connectivity index (χ2v) is 6.21. The van der Waals surface area contributed by atoms with Gasteiger partial charge in [0.05, 0.1) is 0 Å². The Morgan fingerprint density at radius 1 is 1.38 bits per heavy atom. The first-order valence-corrected chi connectivity index (χ1v) is 7.59. The average Bonchev–Trinajstić information content (AvgIpc) is 3.06. The molecular weight excluding hydrogens is 214 g/mol. The lowest BCUT2D eigenvalue weighted by atomic mass is 9.83. The van der Waals surface area contributed by atoms with Crippen LogP contribution in [0.5, 0.6) is 0 Å². The second-order valence-electron chi connectivity index (χ2n) is 5.25. The molecule has 1 aromatic heterocycles. The molecule has 1 atom stereocenters. The van der Waals surface area contributed by atoms with Crippen LogP contribution in [0.15, 0.2) is 5.38 Å². The SMILES string of the molecule is CCC1CCCc2scc(CNC3CC3)c21. The molecule has 1 heterocycles. The van der Waals surface area contributed by atoms with Crippen molar-refractivity contribution in [1.29, 1.82) is 0 Å². The van der Waals surface area contributed by atoms with E-state index in [1.807, 2.05) is 11.3 Å². The molecule has 0 radical (unpaired) electrons. The molecule has 0 aromatic carbocycles. The van der Waals surface area contributed by atoms with E-state index < -0.39 is 0 Å². The number of hydrogen-bond acceptors (Lipinski definition) is 2. The number of aryl methyl sites for hydroxylation is 1. The van der Waals surface area contributed by atoms with Crippen LogP contribution in [-0.4, -0.2) is 6.04 Å². The van der Waals surface area contributed by atoms with Gasteiger partial charge in [-0.3, -0.25) is 0 Å². The molecule has 0 amide bonds. The summed E-state index contributed by atoms with van der Waals surface area (Å²) in [4.78, 5) is 1.69. The molecular formula is C14H21NS. The fourth-order valence-electron chi connectivity index (χ4n) is 2.87. The van der Waals surface area contributed by atoms with Crippen LogP contribution in [0.4, 0.5) is 0 Å². The molecule has 0 spiro atoms. The molecule has 2 heteroatoms. The Morgan fingerprint density at radius 3 is 3.00 bits per heavy atom. The molecule has 1 N–H and O–H groups in total. The van der Waals surface area contributed by atoms with Crippen LogP contribution in [0.3, 0.4) is 0 Å². The van der Waals surface area contributed by atoms with Gasteiger partial charge in [-0.1, -0.05) is 6.92 Å². The van der Waals surface area contributed by atoms with E-state index in [1.54, 1.807) is 16.0 Å². The summed E-state index contributed by atoms with van der Waals surface area (Å²) in [7, 11) is 0. The molecule has 0 bridgehead atoms. The van der Waals surface area contributed by atoms with Gasteiger partial charge in [-0.25, -0.2) is 0 Å². The summed E-state index contributed by atoms with van der Waals surface area (Å²) in [5.74, 6) is 0.853. The molecule has 88 valence electrons. The summed E-state index contributed by atoms with van der Waals surface area (Å²) in [6.07, 6.45) is 8.26. The van der Waals surface area contributed by atoms with E-state index in [0.717, 1.165) is 18.5 Å². The minimum absolute atomic E-state index is 0.833. The van der Waals surface area contributed by atoms with Crippen molar-refractivity contribution in [2.24, 2.45) is 0 Å². The van der Waals surface area contributed by atoms with Crippen molar-refractivity contribution in [2.75, 3.05) is 0 Å². The van der Waals surface area contributed by atoms with Gasteiger partial charge >= 0.3 is 0 Å². The van der Waals surface area contributed by atoms with E-state index in [-0.39, 0.29) is 0 Å². The quantitative estimate of drug-likeness (QED) is 0.836. The minimum atomic E-state index is 0.833. The van der Waals surface area contributed by atoms with Gasteiger partial charge in [0, 0.05) is 17.5 Å². The van der Waals surface area contributed by atoms with E-state index >= 15 is 0 Å². The van der Waals surface area contributed by atoms with Gasteiger partial charge in [0.1, 0.15) is 0 Å². The normalized spacial score (nSPS) is 24.4. The van der Waals surface area contributed by atoms with Gasteiger partial charge in [0.2, 0.25) is 0 Å². The van der Waals surface area contributed by atoms with Crippen molar-refractivity contribution in [1.82, 2.24) is 5.32 Å². The standard InChI is InChI=1S/C14H21NS/c1-2-10-4-3-5-13-14(10)11(9-16-13)8-15-12-6-7-12/h9-10,12,15H,2-8H2,1H3. The lowest BCUT2D eigenvalue weighted by Crippen LogP contribution is -2.17. The molecule has 0 saturated heterocycles. The average molecular weight is 235 g/mol. The summed E-state index contributed by atoms with van der Waals surface area (Å²) in [5, 5.41) is 6.07. The highest BCUT2D eigenvalue weighted by molar-refractivity contribution is 7.10. The Kier molecular flexibility index (Phi) is 3.03. The van der Waals surface area contributed by atoms with Crippen molar-refractivity contribution < 1.29 is 0 Å². The molecule has 0 aliphatic heterocycles. The lowest BCUT2D eigenvalue weighted by Gasteiger charge is -2.23. The van der Waals surface area contributed by atoms with Crippen LogP contribution >= 0.6 is 11.3 Å². The molecule has 16 heavy (non-hydrogen) atoms. The molecule has 1 unspecified atom stereocenters. The Balaban J connectivity index is 1.78. The molecule has 1 aromatic rings. The third-order valence-electron chi connectivity index (χ3n) is 4.01.